The highest BCUT2D eigenvalue weighted by Gasteiger charge is 2.15. The highest BCUT2D eigenvalue weighted by Crippen LogP contribution is 2.20. The lowest BCUT2D eigenvalue weighted by Gasteiger charge is -2.14. The van der Waals surface area contributed by atoms with E-state index in [0.717, 1.165) is 35.4 Å². The Bertz CT molecular complexity index is 515. The molecule has 1 unspecified atom stereocenters. The zero-order valence-electron chi connectivity index (χ0n) is 10.8. The van der Waals surface area contributed by atoms with Crippen molar-refractivity contribution in [2.45, 2.75) is 39.7 Å². The molecule has 0 fully saturated rings. The van der Waals surface area contributed by atoms with Gasteiger partial charge in [-0.2, -0.15) is 0 Å². The molecule has 0 aromatic carbocycles. The van der Waals surface area contributed by atoms with Gasteiger partial charge in [-0.05, 0) is 31.9 Å². The maximum atomic E-state index is 5.77. The van der Waals surface area contributed by atoms with Crippen molar-refractivity contribution in [3.8, 4) is 0 Å². The van der Waals surface area contributed by atoms with Crippen molar-refractivity contribution in [2.24, 2.45) is 5.73 Å². The first-order chi connectivity index (χ1) is 8.17. The SMILES string of the molecule is CCCc1nc2cc(C)cnc2n1C(C)CN. The number of hydrogen-bond donors (Lipinski definition) is 1. The second-order valence-electron chi connectivity index (χ2n) is 4.59. The predicted molar refractivity (Wildman–Crippen MR) is 70.0 cm³/mol. The Morgan fingerprint density at radius 1 is 1.47 bits per heavy atom. The minimum atomic E-state index is 0.247. The van der Waals surface area contributed by atoms with Crippen LogP contribution in [0.1, 0.15) is 37.7 Å². The zero-order valence-corrected chi connectivity index (χ0v) is 10.8. The highest BCUT2D eigenvalue weighted by molar-refractivity contribution is 5.72. The molecule has 2 N–H and O–H groups in total. The van der Waals surface area contributed by atoms with Gasteiger partial charge < -0.3 is 10.3 Å². The van der Waals surface area contributed by atoms with Gasteiger partial charge >= 0.3 is 0 Å². The van der Waals surface area contributed by atoms with Crippen molar-refractivity contribution in [3.63, 3.8) is 0 Å². The molecule has 0 aliphatic heterocycles. The molecule has 0 saturated heterocycles. The second kappa shape index (κ2) is 4.84. The molecule has 4 heteroatoms. The topological polar surface area (TPSA) is 56.7 Å². The number of nitrogens with two attached hydrogens (primary N) is 1. The van der Waals surface area contributed by atoms with E-state index >= 15 is 0 Å². The van der Waals surface area contributed by atoms with E-state index in [1.54, 1.807) is 0 Å². The Labute approximate surface area is 102 Å². The van der Waals surface area contributed by atoms with E-state index in [-0.39, 0.29) is 6.04 Å². The molecule has 0 bridgehead atoms. The standard InChI is InChI=1S/C13H20N4/c1-4-5-12-16-11-6-9(2)8-15-13(11)17(12)10(3)7-14/h6,8,10H,4-5,7,14H2,1-3H3. The molecule has 1 atom stereocenters. The van der Waals surface area contributed by atoms with Crippen molar-refractivity contribution in [1.82, 2.24) is 14.5 Å². The molecule has 0 amide bonds. The van der Waals surface area contributed by atoms with Crippen LogP contribution in [0.4, 0.5) is 0 Å². The van der Waals surface area contributed by atoms with Crippen molar-refractivity contribution < 1.29 is 0 Å². The van der Waals surface area contributed by atoms with Crippen LogP contribution in [0.15, 0.2) is 12.3 Å². The highest BCUT2D eigenvalue weighted by atomic mass is 15.2. The lowest BCUT2D eigenvalue weighted by Crippen LogP contribution is -2.18. The fourth-order valence-electron chi connectivity index (χ4n) is 2.10. The van der Waals surface area contributed by atoms with Crippen LogP contribution in [0.2, 0.25) is 0 Å². The number of hydrogen-bond acceptors (Lipinski definition) is 3. The Hall–Kier alpha value is -1.42. The summed E-state index contributed by atoms with van der Waals surface area (Å²) in [6, 6.07) is 2.33. The van der Waals surface area contributed by atoms with Crippen LogP contribution in [0, 0.1) is 6.92 Å². The Morgan fingerprint density at radius 2 is 2.24 bits per heavy atom. The number of rotatable bonds is 4. The average molecular weight is 232 g/mol. The summed E-state index contributed by atoms with van der Waals surface area (Å²) in [5.74, 6) is 1.10. The van der Waals surface area contributed by atoms with E-state index in [2.05, 4.69) is 34.4 Å². The van der Waals surface area contributed by atoms with Gasteiger partial charge in [0.1, 0.15) is 11.3 Å². The number of imidazole rings is 1. The molecule has 92 valence electrons. The number of fused-ring (bicyclic) bond motifs is 1. The molecule has 0 aliphatic rings. The van der Waals surface area contributed by atoms with Crippen molar-refractivity contribution in [1.29, 1.82) is 0 Å². The molecule has 17 heavy (non-hydrogen) atoms. The van der Waals surface area contributed by atoms with Crippen LogP contribution in [-0.4, -0.2) is 21.1 Å². The first-order valence-electron chi connectivity index (χ1n) is 6.20. The zero-order chi connectivity index (χ0) is 12.4. The summed E-state index contributed by atoms with van der Waals surface area (Å²) in [5, 5.41) is 0. The van der Waals surface area contributed by atoms with Crippen LogP contribution >= 0.6 is 0 Å². The van der Waals surface area contributed by atoms with Crippen LogP contribution in [0.5, 0.6) is 0 Å². The maximum Gasteiger partial charge on any atom is 0.160 e. The summed E-state index contributed by atoms with van der Waals surface area (Å²) < 4.78 is 2.18. The minimum Gasteiger partial charge on any atom is -0.328 e. The van der Waals surface area contributed by atoms with Gasteiger partial charge in [0.2, 0.25) is 0 Å². The molecule has 2 aromatic rings. The summed E-state index contributed by atoms with van der Waals surface area (Å²) in [6.45, 7) is 6.92. The molecule has 0 saturated carbocycles. The first-order valence-corrected chi connectivity index (χ1v) is 6.20. The molecule has 0 radical (unpaired) electrons. The van der Waals surface area contributed by atoms with Crippen molar-refractivity contribution in [3.05, 3.63) is 23.7 Å². The average Bonchev–Trinajstić information content (AvgIpc) is 2.65. The number of pyridine rings is 1. The quantitative estimate of drug-likeness (QED) is 0.879. The first kappa shape index (κ1) is 12.0. The van der Waals surface area contributed by atoms with Gasteiger partial charge in [0, 0.05) is 25.2 Å². The van der Waals surface area contributed by atoms with Gasteiger partial charge in [-0.3, -0.25) is 0 Å². The number of aryl methyl sites for hydroxylation is 2. The van der Waals surface area contributed by atoms with E-state index in [1.807, 2.05) is 13.1 Å². The summed E-state index contributed by atoms with van der Waals surface area (Å²) in [7, 11) is 0. The van der Waals surface area contributed by atoms with Crippen molar-refractivity contribution >= 4 is 11.2 Å². The molecule has 0 spiro atoms. The second-order valence-corrected chi connectivity index (χ2v) is 4.59. The molecule has 4 nitrogen and oxygen atoms in total. The summed E-state index contributed by atoms with van der Waals surface area (Å²) in [4.78, 5) is 9.17. The van der Waals surface area contributed by atoms with Crippen LogP contribution < -0.4 is 5.73 Å². The summed E-state index contributed by atoms with van der Waals surface area (Å²) in [5.41, 5.74) is 8.85. The van der Waals surface area contributed by atoms with Crippen LogP contribution in [0.3, 0.4) is 0 Å². The molecule has 2 aromatic heterocycles. The number of aromatic nitrogens is 3. The van der Waals surface area contributed by atoms with E-state index in [0.29, 0.717) is 6.54 Å². The van der Waals surface area contributed by atoms with Gasteiger partial charge in [0.25, 0.3) is 0 Å². The van der Waals surface area contributed by atoms with Gasteiger partial charge in [-0.1, -0.05) is 6.92 Å². The fraction of sp³-hybridized carbons (Fsp3) is 0.538. The number of nitrogens with zero attached hydrogens (tertiary/aromatic N) is 3. The van der Waals surface area contributed by atoms with Gasteiger partial charge in [0.15, 0.2) is 5.65 Å². The van der Waals surface area contributed by atoms with E-state index < -0.39 is 0 Å². The van der Waals surface area contributed by atoms with Gasteiger partial charge in [-0.15, -0.1) is 0 Å². The predicted octanol–water partition coefficient (Wildman–Crippen LogP) is 2.21. The molecule has 2 heterocycles. The van der Waals surface area contributed by atoms with Gasteiger partial charge in [0.05, 0.1) is 0 Å². The summed E-state index contributed by atoms with van der Waals surface area (Å²) >= 11 is 0. The van der Waals surface area contributed by atoms with Crippen molar-refractivity contribution in [2.75, 3.05) is 6.54 Å². The van der Waals surface area contributed by atoms with Crippen LogP contribution in [0.25, 0.3) is 11.2 Å². The van der Waals surface area contributed by atoms with E-state index in [1.165, 1.54) is 0 Å². The molecule has 0 aliphatic carbocycles. The molecular formula is C13H20N4. The minimum absolute atomic E-state index is 0.247. The Balaban J connectivity index is 2.62. The largest absolute Gasteiger partial charge is 0.328 e. The monoisotopic (exact) mass is 232 g/mol. The van der Waals surface area contributed by atoms with Gasteiger partial charge in [-0.25, -0.2) is 9.97 Å². The lowest BCUT2D eigenvalue weighted by molar-refractivity contribution is 0.541. The third-order valence-electron chi connectivity index (χ3n) is 3.00. The van der Waals surface area contributed by atoms with Crippen LogP contribution in [-0.2, 0) is 6.42 Å². The molecular weight excluding hydrogens is 212 g/mol. The summed E-state index contributed by atoms with van der Waals surface area (Å²) in [6.07, 6.45) is 3.94. The Kier molecular flexibility index (Phi) is 3.43. The third kappa shape index (κ3) is 2.17. The normalized spacial score (nSPS) is 13.2. The Morgan fingerprint density at radius 3 is 2.88 bits per heavy atom. The van der Waals surface area contributed by atoms with E-state index in [4.69, 9.17) is 5.73 Å². The fourth-order valence-corrected chi connectivity index (χ4v) is 2.10. The lowest BCUT2D eigenvalue weighted by atomic mass is 10.2. The van der Waals surface area contributed by atoms with E-state index in [9.17, 15) is 0 Å². The maximum absolute atomic E-state index is 5.77. The molecule has 2 rings (SSSR count). The smallest absolute Gasteiger partial charge is 0.160 e. The third-order valence-corrected chi connectivity index (χ3v) is 3.00.